The lowest BCUT2D eigenvalue weighted by atomic mass is 9.91. The Labute approximate surface area is 126 Å². The van der Waals surface area contributed by atoms with E-state index in [1.165, 1.54) is 17.5 Å². The molecule has 0 radical (unpaired) electrons. The van der Waals surface area contributed by atoms with Crippen LogP contribution >= 0.6 is 0 Å². The molecule has 0 aromatic heterocycles. The molecule has 0 saturated carbocycles. The third kappa shape index (κ3) is 2.58. The van der Waals surface area contributed by atoms with E-state index < -0.39 is 0 Å². The fourth-order valence-electron chi connectivity index (χ4n) is 3.73. The highest BCUT2D eigenvalue weighted by Crippen LogP contribution is 2.44. The Hall–Kier alpha value is -2.08. The maximum Gasteiger partial charge on any atom is -0.000804 e. The lowest BCUT2D eigenvalue weighted by Gasteiger charge is -2.14. The van der Waals surface area contributed by atoms with E-state index in [1.54, 1.807) is 11.1 Å². The van der Waals surface area contributed by atoms with Gasteiger partial charge in [0.15, 0.2) is 0 Å². The molecule has 0 saturated heterocycles. The Kier molecular flexibility index (Phi) is 3.23. The average molecular weight is 272 g/mol. The maximum absolute atomic E-state index is 2.54. The van der Waals surface area contributed by atoms with Gasteiger partial charge in [0.1, 0.15) is 0 Å². The lowest BCUT2D eigenvalue weighted by Crippen LogP contribution is -2.01. The van der Waals surface area contributed by atoms with Crippen molar-refractivity contribution >= 4 is 0 Å². The molecule has 2 atom stereocenters. The first-order valence-corrected chi connectivity index (χ1v) is 7.87. The van der Waals surface area contributed by atoms with Crippen LogP contribution in [0.15, 0.2) is 84.0 Å². The van der Waals surface area contributed by atoms with Gasteiger partial charge in [0, 0.05) is 0 Å². The first kappa shape index (κ1) is 12.6. The summed E-state index contributed by atoms with van der Waals surface area (Å²) in [5.41, 5.74) is 6.13. The molecule has 4 rings (SSSR count). The normalized spacial score (nSPS) is 23.0. The summed E-state index contributed by atoms with van der Waals surface area (Å²) in [7, 11) is 0. The molecule has 2 aromatic carbocycles. The van der Waals surface area contributed by atoms with Gasteiger partial charge >= 0.3 is 0 Å². The molecule has 0 heterocycles. The van der Waals surface area contributed by atoms with E-state index in [0.717, 1.165) is 12.8 Å². The summed E-state index contributed by atoms with van der Waals surface area (Å²) in [6.45, 7) is 0. The van der Waals surface area contributed by atoms with Crippen molar-refractivity contribution in [3.8, 4) is 0 Å². The van der Waals surface area contributed by atoms with E-state index in [0.29, 0.717) is 11.8 Å². The largest absolute Gasteiger partial charge is 0.0772 e. The number of benzene rings is 2. The molecule has 2 aliphatic rings. The number of hydrogen-bond donors (Lipinski definition) is 0. The predicted molar refractivity (Wildman–Crippen MR) is 88.1 cm³/mol. The summed E-state index contributed by atoms with van der Waals surface area (Å²) in [6, 6.07) is 21.7. The molecule has 0 nitrogen and oxygen atoms in total. The van der Waals surface area contributed by atoms with Crippen LogP contribution in [0.5, 0.6) is 0 Å². The number of fused-ring (bicyclic) bond motifs is 2. The van der Waals surface area contributed by atoms with Gasteiger partial charge in [-0.2, -0.15) is 0 Å². The van der Waals surface area contributed by atoms with E-state index in [-0.39, 0.29) is 0 Å². The van der Waals surface area contributed by atoms with Crippen LogP contribution in [-0.2, 0) is 12.8 Å². The smallest absolute Gasteiger partial charge is 0.000804 e. The van der Waals surface area contributed by atoms with Gasteiger partial charge in [-0.3, -0.25) is 0 Å². The standard InChI is InChI=1S/C21H20/c1-3-7-16(8-4-1)11-18-13-21-15-20(18)14-19(21)12-17-9-5-2-6-10-17/h1-10,13-14,20-21H,11-12,15H2/t20-,21-/m0/s1. The molecule has 2 aromatic rings. The molecular formula is C21H20. The lowest BCUT2D eigenvalue weighted by molar-refractivity contribution is 0.686. The highest BCUT2D eigenvalue weighted by Gasteiger charge is 2.33. The highest BCUT2D eigenvalue weighted by molar-refractivity contribution is 5.40. The van der Waals surface area contributed by atoms with Gasteiger partial charge in [0.2, 0.25) is 0 Å². The van der Waals surface area contributed by atoms with E-state index >= 15 is 0 Å². The highest BCUT2D eigenvalue weighted by atomic mass is 14.4. The van der Waals surface area contributed by atoms with Crippen LogP contribution in [0.3, 0.4) is 0 Å². The van der Waals surface area contributed by atoms with Crippen molar-refractivity contribution in [2.45, 2.75) is 19.3 Å². The molecule has 0 amide bonds. The average Bonchev–Trinajstić information content (AvgIpc) is 3.09. The Morgan fingerprint density at radius 1 is 0.619 bits per heavy atom. The zero-order valence-electron chi connectivity index (χ0n) is 12.2. The quantitative estimate of drug-likeness (QED) is 0.689. The fraction of sp³-hybridized carbons (Fsp3) is 0.238. The van der Waals surface area contributed by atoms with Crippen molar-refractivity contribution < 1.29 is 0 Å². The molecule has 2 bridgehead atoms. The summed E-state index contributed by atoms with van der Waals surface area (Å²) in [6.07, 6.45) is 8.63. The number of allylic oxidation sites excluding steroid dienone is 4. The van der Waals surface area contributed by atoms with Gasteiger partial charge < -0.3 is 0 Å². The zero-order chi connectivity index (χ0) is 14.1. The summed E-state index contributed by atoms with van der Waals surface area (Å²) >= 11 is 0. The molecule has 104 valence electrons. The fourth-order valence-corrected chi connectivity index (χ4v) is 3.73. The van der Waals surface area contributed by atoms with E-state index in [1.807, 2.05) is 0 Å². The van der Waals surface area contributed by atoms with Crippen LogP contribution < -0.4 is 0 Å². The topological polar surface area (TPSA) is 0 Å². The zero-order valence-corrected chi connectivity index (χ0v) is 12.2. The molecule has 0 N–H and O–H groups in total. The van der Waals surface area contributed by atoms with Crippen LogP contribution in [0, 0.1) is 11.8 Å². The molecule has 0 unspecified atom stereocenters. The van der Waals surface area contributed by atoms with E-state index in [9.17, 15) is 0 Å². The second-order valence-corrected chi connectivity index (χ2v) is 6.26. The van der Waals surface area contributed by atoms with Crippen molar-refractivity contribution in [3.63, 3.8) is 0 Å². The monoisotopic (exact) mass is 272 g/mol. The van der Waals surface area contributed by atoms with Gasteiger partial charge in [-0.25, -0.2) is 0 Å². The summed E-state index contributed by atoms with van der Waals surface area (Å²) in [4.78, 5) is 0. The Balaban J connectivity index is 1.46. The Morgan fingerprint density at radius 3 is 1.43 bits per heavy atom. The molecule has 0 fully saturated rings. The van der Waals surface area contributed by atoms with Crippen LogP contribution in [0.2, 0.25) is 0 Å². The summed E-state index contributed by atoms with van der Waals surface area (Å²) < 4.78 is 0. The van der Waals surface area contributed by atoms with Gasteiger partial charge in [-0.15, -0.1) is 0 Å². The van der Waals surface area contributed by atoms with Crippen LogP contribution in [0.25, 0.3) is 0 Å². The summed E-state index contributed by atoms with van der Waals surface area (Å²) in [5.74, 6) is 1.38. The van der Waals surface area contributed by atoms with Gasteiger partial charge in [-0.05, 0) is 42.2 Å². The first-order valence-electron chi connectivity index (χ1n) is 7.87. The van der Waals surface area contributed by atoms with Crippen molar-refractivity contribution in [2.75, 3.05) is 0 Å². The van der Waals surface area contributed by atoms with E-state index in [2.05, 4.69) is 72.8 Å². The van der Waals surface area contributed by atoms with Crippen LogP contribution in [-0.4, -0.2) is 0 Å². The van der Waals surface area contributed by atoms with Crippen molar-refractivity contribution in [2.24, 2.45) is 11.8 Å². The minimum Gasteiger partial charge on any atom is -0.0772 e. The summed E-state index contributed by atoms with van der Waals surface area (Å²) in [5, 5.41) is 0. The molecule has 0 aliphatic heterocycles. The van der Waals surface area contributed by atoms with Gasteiger partial charge in [-0.1, -0.05) is 84.0 Å². The van der Waals surface area contributed by atoms with Crippen molar-refractivity contribution in [1.82, 2.24) is 0 Å². The van der Waals surface area contributed by atoms with Crippen molar-refractivity contribution in [3.05, 3.63) is 95.1 Å². The third-order valence-electron chi connectivity index (χ3n) is 4.79. The molecule has 21 heavy (non-hydrogen) atoms. The van der Waals surface area contributed by atoms with Gasteiger partial charge in [0.05, 0.1) is 0 Å². The van der Waals surface area contributed by atoms with Crippen LogP contribution in [0.1, 0.15) is 17.5 Å². The minimum atomic E-state index is 0.689. The van der Waals surface area contributed by atoms with Crippen LogP contribution in [0.4, 0.5) is 0 Å². The Bertz CT molecular complexity index is 615. The second kappa shape index (κ2) is 5.37. The van der Waals surface area contributed by atoms with Crippen molar-refractivity contribution in [1.29, 1.82) is 0 Å². The molecule has 0 heteroatoms. The Morgan fingerprint density at radius 2 is 1.05 bits per heavy atom. The molecule has 2 aliphatic carbocycles. The number of rotatable bonds is 4. The molecular weight excluding hydrogens is 252 g/mol. The SMILES string of the molecule is C1=C(Cc2ccccc2)[C@H]2C=C(Cc3ccccc3)[C@@H]1C2. The number of hydrogen-bond acceptors (Lipinski definition) is 0. The molecule has 0 spiro atoms. The third-order valence-corrected chi connectivity index (χ3v) is 4.79. The first-order chi connectivity index (χ1) is 10.4. The second-order valence-electron chi connectivity index (χ2n) is 6.26. The minimum absolute atomic E-state index is 0.689. The van der Waals surface area contributed by atoms with E-state index in [4.69, 9.17) is 0 Å². The predicted octanol–water partition coefficient (Wildman–Crippen LogP) is 4.97. The van der Waals surface area contributed by atoms with Gasteiger partial charge in [0.25, 0.3) is 0 Å². The maximum atomic E-state index is 2.54.